The molecule has 2 aromatic carbocycles. The van der Waals surface area contributed by atoms with Crippen LogP contribution in [-0.2, 0) is 15.3 Å². The third-order valence-electron chi connectivity index (χ3n) is 6.21. The van der Waals surface area contributed by atoms with Crippen LogP contribution in [0, 0.1) is 0 Å². The van der Waals surface area contributed by atoms with E-state index in [1.807, 2.05) is 44.7 Å². The van der Waals surface area contributed by atoms with Crippen LogP contribution in [0.5, 0.6) is 5.75 Å². The molecule has 0 fully saturated rings. The molecule has 2 unspecified atom stereocenters. The van der Waals surface area contributed by atoms with Gasteiger partial charge in [0.05, 0.1) is 12.2 Å². The summed E-state index contributed by atoms with van der Waals surface area (Å²) in [4.78, 5) is 12.6. The smallest absolute Gasteiger partial charge is 0.344 e. The summed E-state index contributed by atoms with van der Waals surface area (Å²) < 4.78 is 51.4. The van der Waals surface area contributed by atoms with E-state index in [-0.39, 0.29) is 19.4 Å². The molecule has 2 atom stereocenters. The topological polar surface area (TPSA) is 57.9 Å². The predicted molar refractivity (Wildman–Crippen MR) is 141 cm³/mol. The summed E-state index contributed by atoms with van der Waals surface area (Å²) in [6.07, 6.45) is -2.37. The first-order valence-corrected chi connectivity index (χ1v) is 15.2. The van der Waals surface area contributed by atoms with Crippen LogP contribution in [-0.4, -0.2) is 40.7 Å². The summed E-state index contributed by atoms with van der Waals surface area (Å²) in [5.74, 6) is 0.431. The van der Waals surface area contributed by atoms with Crippen LogP contribution in [0.15, 0.2) is 57.7 Å². The van der Waals surface area contributed by atoms with Gasteiger partial charge in [-0.1, -0.05) is 31.2 Å². The van der Waals surface area contributed by atoms with Gasteiger partial charge in [-0.3, -0.25) is 0 Å². The van der Waals surface area contributed by atoms with Crippen LogP contribution in [0.4, 0.5) is 8.78 Å². The van der Waals surface area contributed by atoms with Crippen molar-refractivity contribution in [2.24, 2.45) is 0 Å². The van der Waals surface area contributed by atoms with Crippen LogP contribution in [0.25, 0.3) is 22.1 Å². The third-order valence-corrected chi connectivity index (χ3v) is 9.20. The van der Waals surface area contributed by atoms with Crippen LogP contribution < -0.4 is 10.4 Å². The molecule has 0 N–H and O–H groups in total. The molecule has 1 aromatic heterocycles. The van der Waals surface area contributed by atoms with E-state index in [0.29, 0.717) is 36.2 Å². The molecule has 36 heavy (non-hydrogen) atoms. The molecule has 8 heteroatoms. The standard InChI is InChI=1S/C28H36F2O5Si/c1-5-20-8-10-21(11-9-20)24-18-22-12-13-23(19-27(22)35-28(24)31)32-16-14-25(29)26(30)15-17-36(4,33-6-2)34-7-3/h8-13,18-19,25-26H,5-7,14-17H2,1-4H3. The van der Waals surface area contributed by atoms with Gasteiger partial charge in [-0.05, 0) is 68.6 Å². The van der Waals surface area contributed by atoms with Crippen molar-refractivity contribution < 1.29 is 26.8 Å². The minimum Gasteiger partial charge on any atom is -0.493 e. The zero-order valence-electron chi connectivity index (χ0n) is 21.5. The van der Waals surface area contributed by atoms with Crippen molar-refractivity contribution in [2.45, 2.75) is 65.0 Å². The first kappa shape index (κ1) is 28.0. The molecule has 0 aliphatic rings. The zero-order chi connectivity index (χ0) is 26.1. The van der Waals surface area contributed by atoms with E-state index in [2.05, 4.69) is 6.92 Å². The first-order valence-electron chi connectivity index (χ1n) is 12.6. The van der Waals surface area contributed by atoms with E-state index in [1.165, 1.54) is 5.56 Å². The first-order chi connectivity index (χ1) is 17.3. The Balaban J connectivity index is 1.57. The molecule has 0 aliphatic carbocycles. The van der Waals surface area contributed by atoms with Crippen molar-refractivity contribution in [1.82, 2.24) is 0 Å². The van der Waals surface area contributed by atoms with Crippen molar-refractivity contribution in [3.63, 3.8) is 0 Å². The van der Waals surface area contributed by atoms with Crippen LogP contribution >= 0.6 is 0 Å². The highest BCUT2D eigenvalue weighted by Gasteiger charge is 2.33. The minimum atomic E-state index is -2.48. The lowest BCUT2D eigenvalue weighted by Crippen LogP contribution is -2.39. The van der Waals surface area contributed by atoms with E-state index in [4.69, 9.17) is 18.0 Å². The van der Waals surface area contributed by atoms with Gasteiger partial charge >= 0.3 is 14.2 Å². The molecule has 0 aliphatic heterocycles. The average Bonchev–Trinajstić information content (AvgIpc) is 2.87. The Morgan fingerprint density at radius 1 is 0.917 bits per heavy atom. The van der Waals surface area contributed by atoms with Crippen molar-refractivity contribution in [3.05, 3.63) is 64.5 Å². The van der Waals surface area contributed by atoms with E-state index in [9.17, 15) is 13.6 Å². The molecule has 3 rings (SSSR count). The molecule has 0 saturated heterocycles. The molecule has 196 valence electrons. The number of fused-ring (bicyclic) bond motifs is 1. The van der Waals surface area contributed by atoms with Crippen molar-refractivity contribution in [1.29, 1.82) is 0 Å². The van der Waals surface area contributed by atoms with Crippen LogP contribution in [0.1, 0.15) is 39.2 Å². The number of halogens is 2. The highest BCUT2D eigenvalue weighted by molar-refractivity contribution is 6.66. The number of benzene rings is 2. The highest BCUT2D eigenvalue weighted by atomic mass is 28.4. The lowest BCUT2D eigenvalue weighted by molar-refractivity contribution is 0.127. The number of alkyl halides is 2. The van der Waals surface area contributed by atoms with Gasteiger partial charge in [0, 0.05) is 31.1 Å². The lowest BCUT2D eigenvalue weighted by atomic mass is 10.0. The minimum absolute atomic E-state index is 0.00476. The summed E-state index contributed by atoms with van der Waals surface area (Å²) in [6, 6.07) is 15.1. The Morgan fingerprint density at radius 2 is 1.58 bits per heavy atom. The second-order valence-electron chi connectivity index (χ2n) is 8.91. The van der Waals surface area contributed by atoms with Gasteiger partial charge < -0.3 is 18.0 Å². The highest BCUT2D eigenvalue weighted by Crippen LogP contribution is 2.26. The summed E-state index contributed by atoms with van der Waals surface area (Å²) in [5.41, 5.74) is 2.41. The van der Waals surface area contributed by atoms with Gasteiger partial charge in [-0.25, -0.2) is 13.6 Å². The fourth-order valence-corrected chi connectivity index (χ4v) is 6.54. The van der Waals surface area contributed by atoms with E-state index in [1.54, 1.807) is 24.3 Å². The van der Waals surface area contributed by atoms with Gasteiger partial charge in [0.25, 0.3) is 0 Å². The molecular formula is C28H36F2O5Si. The maximum Gasteiger partial charge on any atom is 0.344 e. The SMILES string of the molecule is CCO[Si](C)(CCC(F)C(F)CCOc1ccc2cc(-c3ccc(CC)cc3)c(=O)oc2c1)OCC. The van der Waals surface area contributed by atoms with Gasteiger partial charge in [0.2, 0.25) is 0 Å². The Labute approximate surface area is 212 Å². The lowest BCUT2D eigenvalue weighted by Gasteiger charge is -2.27. The van der Waals surface area contributed by atoms with Gasteiger partial charge in [0.1, 0.15) is 23.7 Å². The van der Waals surface area contributed by atoms with Crippen LogP contribution in [0.3, 0.4) is 0 Å². The third kappa shape index (κ3) is 7.48. The summed E-state index contributed by atoms with van der Waals surface area (Å²) in [6.45, 7) is 8.68. The summed E-state index contributed by atoms with van der Waals surface area (Å²) in [5, 5.41) is 0.750. The molecular weight excluding hydrogens is 482 g/mol. The molecule has 3 aromatic rings. The second-order valence-corrected chi connectivity index (χ2v) is 12.3. The number of aryl methyl sites for hydroxylation is 1. The molecule has 1 heterocycles. The Kier molecular flexibility index (Phi) is 10.2. The average molecular weight is 519 g/mol. The summed E-state index contributed by atoms with van der Waals surface area (Å²) in [7, 11) is -2.48. The molecule has 0 saturated carbocycles. The predicted octanol–water partition coefficient (Wildman–Crippen LogP) is 7.00. The fourth-order valence-electron chi connectivity index (χ4n) is 4.15. The normalized spacial score (nSPS) is 13.6. The zero-order valence-corrected chi connectivity index (χ0v) is 22.5. The Hall–Kier alpha value is -2.55. The van der Waals surface area contributed by atoms with Crippen molar-refractivity contribution >= 4 is 19.5 Å². The number of hydrogen-bond donors (Lipinski definition) is 0. The fraction of sp³-hybridized carbons (Fsp3) is 0.464. The molecule has 0 spiro atoms. The van der Waals surface area contributed by atoms with Gasteiger partial charge in [-0.15, -0.1) is 0 Å². The quantitative estimate of drug-likeness (QED) is 0.170. The number of ether oxygens (including phenoxy) is 1. The van der Waals surface area contributed by atoms with Gasteiger partial charge in [-0.2, -0.15) is 0 Å². The van der Waals surface area contributed by atoms with E-state index < -0.39 is 26.5 Å². The van der Waals surface area contributed by atoms with Crippen LogP contribution in [0.2, 0.25) is 12.6 Å². The van der Waals surface area contributed by atoms with E-state index >= 15 is 0 Å². The molecule has 5 nitrogen and oxygen atoms in total. The molecule has 0 radical (unpaired) electrons. The molecule has 0 bridgehead atoms. The second kappa shape index (κ2) is 13.1. The number of hydrogen-bond acceptors (Lipinski definition) is 5. The molecule has 0 amide bonds. The summed E-state index contributed by atoms with van der Waals surface area (Å²) >= 11 is 0. The van der Waals surface area contributed by atoms with Gasteiger partial charge in [0.15, 0.2) is 0 Å². The maximum absolute atomic E-state index is 14.4. The Morgan fingerprint density at radius 3 is 2.22 bits per heavy atom. The maximum atomic E-state index is 14.4. The van der Waals surface area contributed by atoms with E-state index in [0.717, 1.165) is 17.4 Å². The monoisotopic (exact) mass is 518 g/mol. The number of rotatable bonds is 14. The Bertz CT molecular complexity index is 1160. The largest absolute Gasteiger partial charge is 0.493 e. The van der Waals surface area contributed by atoms with Crippen molar-refractivity contribution in [2.75, 3.05) is 19.8 Å². The van der Waals surface area contributed by atoms with Crippen molar-refractivity contribution in [3.8, 4) is 16.9 Å².